The molecular weight excluding hydrogens is 490 g/mol. The van der Waals surface area contributed by atoms with Crippen molar-refractivity contribution in [2.45, 2.75) is 6.04 Å². The number of ether oxygens (including phenoxy) is 2. The third kappa shape index (κ3) is 5.11. The van der Waals surface area contributed by atoms with Gasteiger partial charge in [-0.15, -0.1) is 0 Å². The van der Waals surface area contributed by atoms with Gasteiger partial charge in [-0.05, 0) is 66.9 Å². The zero-order valence-electron chi connectivity index (χ0n) is 20.6. The van der Waals surface area contributed by atoms with E-state index in [-0.39, 0.29) is 17.8 Å². The minimum absolute atomic E-state index is 0.0866. The Labute approximate surface area is 224 Å². The number of nitrogens with one attached hydrogen (secondary N) is 3. The van der Waals surface area contributed by atoms with Crippen LogP contribution >= 0.6 is 0 Å². The molecule has 0 amide bonds. The van der Waals surface area contributed by atoms with Crippen LogP contribution in [-0.4, -0.2) is 38.5 Å². The number of allylic oxidation sites excluding steroid dienone is 2. The minimum atomic E-state index is -0.214. The lowest BCUT2D eigenvalue weighted by atomic mass is 10.1. The van der Waals surface area contributed by atoms with Gasteiger partial charge in [0.25, 0.3) is 0 Å². The molecule has 4 aromatic rings. The number of nitrogens with zero attached hydrogens (tertiary/aromatic N) is 4. The Morgan fingerprint density at radius 2 is 1.64 bits per heavy atom. The molecule has 9 heteroatoms. The molecule has 1 atom stereocenters. The number of pyridine rings is 3. The summed E-state index contributed by atoms with van der Waals surface area (Å²) in [5.41, 5.74) is 4.35. The fraction of sp³-hybridized carbons (Fsp3) is 0.0333. The summed E-state index contributed by atoms with van der Waals surface area (Å²) in [5.74, 6) is 0.428. The first kappa shape index (κ1) is 23.7. The maximum atomic E-state index is 8.43. The predicted octanol–water partition coefficient (Wildman–Crippen LogP) is 3.91. The summed E-state index contributed by atoms with van der Waals surface area (Å²) in [5, 5.41) is 20.0. The Morgan fingerprint density at radius 3 is 2.46 bits per heavy atom. The van der Waals surface area contributed by atoms with Gasteiger partial charge in [0, 0.05) is 16.4 Å². The number of rotatable bonds is 6. The molecule has 2 aliphatic rings. The second-order valence-corrected chi connectivity index (χ2v) is 8.62. The quantitative estimate of drug-likeness (QED) is 0.204. The average molecular weight is 513 g/mol. The summed E-state index contributed by atoms with van der Waals surface area (Å²) < 4.78 is 15.9. The smallest absolute Gasteiger partial charge is 0.419 e. The number of hydrogen-bond donors (Lipinski definition) is 3. The summed E-state index contributed by atoms with van der Waals surface area (Å²) in [7, 11) is 0. The van der Waals surface area contributed by atoms with Crippen LogP contribution in [0.15, 0.2) is 109 Å². The topological polar surface area (TPSA) is 131 Å². The van der Waals surface area contributed by atoms with Crippen molar-refractivity contribution in [2.75, 3.05) is 0 Å². The number of benzene rings is 1. The maximum Gasteiger partial charge on any atom is 0.529 e. The van der Waals surface area contributed by atoms with Gasteiger partial charge < -0.3 is 14.8 Å². The minimum Gasteiger partial charge on any atom is -0.419 e. The fourth-order valence-corrected chi connectivity index (χ4v) is 4.02. The van der Waals surface area contributed by atoms with Crippen LogP contribution in [0.5, 0.6) is 0 Å². The van der Waals surface area contributed by atoms with Crippen LogP contribution in [0.1, 0.15) is 34.3 Å². The molecule has 0 saturated heterocycles. The second kappa shape index (κ2) is 10.4. The summed E-state index contributed by atoms with van der Waals surface area (Å²) in [6.07, 6.45) is 9.38. The SMILES string of the molecule is N=C(OC(=N)c1cccc(C2C=CC=CN2)n1)c1cccc(C2=[N+]=C(c3cccc(-c4ccccn4)n3)O2)c1. The monoisotopic (exact) mass is 512 g/mol. The summed E-state index contributed by atoms with van der Waals surface area (Å²) in [6.45, 7) is 0. The molecule has 2 aliphatic heterocycles. The largest absolute Gasteiger partial charge is 0.529 e. The van der Waals surface area contributed by atoms with Crippen molar-refractivity contribution in [3.63, 3.8) is 0 Å². The van der Waals surface area contributed by atoms with Gasteiger partial charge in [-0.3, -0.25) is 15.8 Å². The van der Waals surface area contributed by atoms with Crippen LogP contribution in [0.25, 0.3) is 11.4 Å². The molecule has 0 saturated carbocycles. The molecule has 0 spiro atoms. The first-order chi connectivity index (χ1) is 19.1. The van der Waals surface area contributed by atoms with E-state index in [0.29, 0.717) is 34.3 Å². The van der Waals surface area contributed by atoms with Gasteiger partial charge in [0.2, 0.25) is 11.8 Å². The van der Waals surface area contributed by atoms with Crippen LogP contribution in [0, 0.1) is 10.8 Å². The van der Waals surface area contributed by atoms with Crippen LogP contribution < -0.4 is 9.98 Å². The Hall–Kier alpha value is -5.66. The number of hydrogen-bond acceptors (Lipinski definition) is 8. The Balaban J connectivity index is 1.17. The van der Waals surface area contributed by atoms with Gasteiger partial charge in [0.1, 0.15) is 11.3 Å². The van der Waals surface area contributed by atoms with Crippen LogP contribution in [-0.2, 0) is 9.47 Å². The zero-order valence-corrected chi connectivity index (χ0v) is 20.6. The first-order valence-electron chi connectivity index (χ1n) is 12.2. The molecule has 5 heterocycles. The van der Waals surface area contributed by atoms with Crippen molar-refractivity contribution >= 4 is 23.6 Å². The van der Waals surface area contributed by atoms with Crippen molar-refractivity contribution in [3.05, 3.63) is 138 Å². The van der Waals surface area contributed by atoms with Crippen LogP contribution in [0.3, 0.4) is 0 Å². The van der Waals surface area contributed by atoms with Crippen molar-refractivity contribution in [2.24, 2.45) is 0 Å². The fourth-order valence-electron chi connectivity index (χ4n) is 4.02. The Bertz CT molecular complexity index is 1720. The van der Waals surface area contributed by atoms with Crippen molar-refractivity contribution in [3.8, 4) is 11.4 Å². The molecule has 39 heavy (non-hydrogen) atoms. The van der Waals surface area contributed by atoms with E-state index < -0.39 is 0 Å². The average Bonchev–Trinajstić information content (AvgIpc) is 2.98. The molecule has 0 bridgehead atoms. The van der Waals surface area contributed by atoms with E-state index in [0.717, 1.165) is 17.1 Å². The number of aromatic nitrogens is 3. The third-order valence-corrected chi connectivity index (χ3v) is 5.98. The van der Waals surface area contributed by atoms with E-state index >= 15 is 0 Å². The lowest BCUT2D eigenvalue weighted by Crippen LogP contribution is -2.30. The summed E-state index contributed by atoms with van der Waals surface area (Å²) in [6, 6.07) is 23.6. The molecule has 188 valence electrons. The molecule has 1 unspecified atom stereocenters. The molecule has 0 fully saturated rings. The lowest BCUT2D eigenvalue weighted by molar-refractivity contribution is 0.508. The third-order valence-electron chi connectivity index (χ3n) is 5.98. The van der Waals surface area contributed by atoms with Crippen molar-refractivity contribution in [1.82, 2.24) is 24.9 Å². The van der Waals surface area contributed by atoms with Crippen LogP contribution in [0.4, 0.5) is 0 Å². The summed E-state index contributed by atoms with van der Waals surface area (Å²) in [4.78, 5) is 13.5. The highest BCUT2D eigenvalue weighted by molar-refractivity contribution is 6.14. The first-order valence-corrected chi connectivity index (χ1v) is 12.2. The van der Waals surface area contributed by atoms with Crippen molar-refractivity contribution < 1.29 is 9.47 Å². The highest BCUT2D eigenvalue weighted by Gasteiger charge is 2.36. The van der Waals surface area contributed by atoms with E-state index in [1.54, 1.807) is 30.5 Å². The van der Waals surface area contributed by atoms with Gasteiger partial charge in [0.05, 0.1) is 23.1 Å². The van der Waals surface area contributed by atoms with Gasteiger partial charge in [-0.25, -0.2) is 9.97 Å². The van der Waals surface area contributed by atoms with Gasteiger partial charge in [0.15, 0.2) is 5.69 Å². The van der Waals surface area contributed by atoms with E-state index in [9.17, 15) is 0 Å². The Kier molecular flexibility index (Phi) is 6.31. The van der Waals surface area contributed by atoms with E-state index in [1.807, 2.05) is 79.0 Å². The standard InChI is InChI=1S/C30H22N7O2/c31-27(38-28(32)25-14-6-12-23(35-25)21-10-1-3-16-33-21)19-8-5-9-20(18-19)29-37-30(39-29)26-15-7-13-24(36-26)22-11-2-4-17-34-22/h1-18,21,31-33H/q+1. The van der Waals surface area contributed by atoms with E-state index in [4.69, 9.17) is 20.3 Å². The molecule has 1 aromatic carbocycles. The van der Waals surface area contributed by atoms with Crippen molar-refractivity contribution in [1.29, 1.82) is 10.8 Å². The molecule has 0 radical (unpaired) electrons. The predicted molar refractivity (Wildman–Crippen MR) is 148 cm³/mol. The van der Waals surface area contributed by atoms with Crippen LogP contribution in [0.2, 0.25) is 0 Å². The number of dihydropyridines is 1. The highest BCUT2D eigenvalue weighted by atomic mass is 16.5. The van der Waals surface area contributed by atoms with Gasteiger partial charge in [-0.2, -0.15) is 0 Å². The van der Waals surface area contributed by atoms with Gasteiger partial charge in [-0.1, -0.05) is 36.4 Å². The molecule has 6 rings (SSSR count). The summed E-state index contributed by atoms with van der Waals surface area (Å²) >= 11 is 0. The van der Waals surface area contributed by atoms with Gasteiger partial charge >= 0.3 is 11.8 Å². The highest BCUT2D eigenvalue weighted by Crippen LogP contribution is 2.18. The van der Waals surface area contributed by atoms with E-state index in [2.05, 4.69) is 24.9 Å². The van der Waals surface area contributed by atoms with E-state index in [1.165, 1.54) is 0 Å². The Morgan fingerprint density at radius 1 is 0.821 bits per heavy atom. The lowest BCUT2D eigenvalue weighted by Gasteiger charge is -2.16. The maximum absolute atomic E-state index is 8.43. The normalized spacial score (nSPS) is 15.2. The second-order valence-electron chi connectivity index (χ2n) is 8.62. The molecule has 9 nitrogen and oxygen atoms in total. The molecule has 3 aromatic heterocycles. The zero-order chi connectivity index (χ0) is 26.6. The molecule has 3 N–H and O–H groups in total. The molecule has 0 aliphatic carbocycles. The molecular formula is C30H22N7O2+.